The summed E-state index contributed by atoms with van der Waals surface area (Å²) in [6.45, 7) is 1.25. The van der Waals surface area contributed by atoms with E-state index in [0.29, 0.717) is 5.56 Å². The number of halogens is 6. The summed E-state index contributed by atoms with van der Waals surface area (Å²) in [6, 6.07) is 6.28. The van der Waals surface area contributed by atoms with E-state index in [4.69, 9.17) is 15.1 Å². The number of carbonyl (C=O) groups excluding carboxylic acids is 1. The number of alkyl halides is 6. The average Bonchev–Trinajstić information content (AvgIpc) is 2.71. The van der Waals surface area contributed by atoms with Gasteiger partial charge in [0.1, 0.15) is 5.75 Å². The average molecular weight is 483 g/mol. The van der Waals surface area contributed by atoms with Crippen LogP contribution in [-0.2, 0) is 16.1 Å². The fourth-order valence-electron chi connectivity index (χ4n) is 2.93. The molecule has 1 heterocycles. The van der Waals surface area contributed by atoms with Gasteiger partial charge in [-0.1, -0.05) is 6.07 Å². The van der Waals surface area contributed by atoms with Crippen LogP contribution in [0.15, 0.2) is 18.2 Å². The maximum Gasteiger partial charge on any atom is 0.434 e. The van der Waals surface area contributed by atoms with Crippen molar-refractivity contribution in [3.8, 4) is 11.8 Å². The topological polar surface area (TPSA) is 103 Å². The monoisotopic (exact) mass is 483 g/mol. The van der Waals surface area contributed by atoms with Crippen molar-refractivity contribution < 1.29 is 50.5 Å². The van der Waals surface area contributed by atoms with Crippen molar-refractivity contribution in [2.45, 2.75) is 38.0 Å². The lowest BCUT2D eigenvalue weighted by atomic mass is 10.1. The fourth-order valence-corrected chi connectivity index (χ4v) is 2.93. The molecule has 0 aliphatic carbocycles. The number of amides is 1. The van der Waals surface area contributed by atoms with Crippen LogP contribution in [0.1, 0.15) is 18.1 Å². The van der Waals surface area contributed by atoms with Gasteiger partial charge in [-0.3, -0.25) is 4.90 Å². The second kappa shape index (κ2) is 10.2. The molecule has 14 heteroatoms. The number of carboxylic acid groups (broad SMARTS) is 1. The van der Waals surface area contributed by atoms with Gasteiger partial charge in [0, 0.05) is 38.3 Å². The summed E-state index contributed by atoms with van der Waals surface area (Å²) in [6.07, 6.45) is -18.7. The first-order chi connectivity index (χ1) is 15.2. The number of carbonyl (C=O) groups is 2. The van der Waals surface area contributed by atoms with E-state index in [0.717, 1.165) is 4.90 Å². The molecule has 0 aromatic heterocycles. The van der Waals surface area contributed by atoms with Crippen LogP contribution >= 0.6 is 0 Å². The Kier molecular flexibility index (Phi) is 8.02. The molecule has 0 saturated carbocycles. The highest BCUT2D eigenvalue weighted by atomic mass is 19.4. The molecule has 2 rings (SSSR count). The predicted molar refractivity (Wildman–Crippen MR) is 98.1 cm³/mol. The zero-order valence-corrected chi connectivity index (χ0v) is 17.1. The van der Waals surface area contributed by atoms with Crippen LogP contribution in [-0.4, -0.2) is 77.7 Å². The van der Waals surface area contributed by atoms with E-state index in [-0.39, 0.29) is 44.0 Å². The van der Waals surface area contributed by atoms with E-state index in [1.54, 1.807) is 11.0 Å². The molecule has 182 valence electrons. The highest BCUT2D eigenvalue weighted by molar-refractivity contribution is 5.72. The van der Waals surface area contributed by atoms with E-state index in [1.807, 2.05) is 6.07 Å². The van der Waals surface area contributed by atoms with Gasteiger partial charge in [-0.05, 0) is 19.1 Å². The van der Waals surface area contributed by atoms with Gasteiger partial charge < -0.3 is 19.5 Å². The Balaban J connectivity index is 2.02. The number of carboxylic acids is 1. The first-order valence-corrected chi connectivity index (χ1v) is 9.46. The minimum atomic E-state index is -5.80. The largest absolute Gasteiger partial charge is 0.479 e. The molecule has 1 atom stereocenters. The van der Waals surface area contributed by atoms with Crippen LogP contribution in [0.25, 0.3) is 0 Å². The molecular formula is C19H19F6N3O5. The molecule has 1 N–H and O–H groups in total. The summed E-state index contributed by atoms with van der Waals surface area (Å²) >= 11 is 0. The van der Waals surface area contributed by atoms with Crippen molar-refractivity contribution in [1.82, 2.24) is 9.80 Å². The maximum absolute atomic E-state index is 12.6. The first-order valence-electron chi connectivity index (χ1n) is 9.46. The molecule has 33 heavy (non-hydrogen) atoms. The van der Waals surface area contributed by atoms with Crippen molar-refractivity contribution in [3.63, 3.8) is 0 Å². The molecule has 0 radical (unpaired) electrons. The quantitative estimate of drug-likeness (QED) is 0.620. The summed E-state index contributed by atoms with van der Waals surface area (Å²) in [4.78, 5) is 25.4. The predicted octanol–water partition coefficient (Wildman–Crippen LogP) is 3.16. The number of hydrogen-bond donors (Lipinski definition) is 1. The number of rotatable bonds is 6. The van der Waals surface area contributed by atoms with E-state index in [2.05, 4.69) is 4.74 Å². The summed E-state index contributed by atoms with van der Waals surface area (Å²) in [5.74, 6) is -1.09. The van der Waals surface area contributed by atoms with Crippen molar-refractivity contribution in [2.24, 2.45) is 0 Å². The van der Waals surface area contributed by atoms with Gasteiger partial charge in [-0.15, -0.1) is 0 Å². The van der Waals surface area contributed by atoms with Gasteiger partial charge in [0.15, 0.2) is 6.10 Å². The van der Waals surface area contributed by atoms with Gasteiger partial charge in [0.25, 0.3) is 6.10 Å². The minimum Gasteiger partial charge on any atom is -0.479 e. The van der Waals surface area contributed by atoms with Crippen LogP contribution in [0, 0.1) is 11.3 Å². The van der Waals surface area contributed by atoms with E-state index < -0.39 is 36.6 Å². The number of piperazine rings is 1. The van der Waals surface area contributed by atoms with Gasteiger partial charge in [0.05, 0.1) is 11.6 Å². The van der Waals surface area contributed by atoms with Gasteiger partial charge in [-0.25, -0.2) is 9.59 Å². The molecule has 1 aliphatic rings. The van der Waals surface area contributed by atoms with Crippen molar-refractivity contribution in [1.29, 1.82) is 5.26 Å². The van der Waals surface area contributed by atoms with Crippen LogP contribution in [0.2, 0.25) is 0 Å². The number of benzene rings is 1. The van der Waals surface area contributed by atoms with E-state index in [1.165, 1.54) is 19.1 Å². The van der Waals surface area contributed by atoms with Crippen molar-refractivity contribution in [3.05, 3.63) is 29.3 Å². The lowest BCUT2D eigenvalue weighted by Crippen LogP contribution is -2.52. The Hall–Kier alpha value is -3.21. The molecule has 1 fully saturated rings. The molecule has 1 aromatic carbocycles. The third-order valence-corrected chi connectivity index (χ3v) is 4.69. The van der Waals surface area contributed by atoms with Gasteiger partial charge >= 0.3 is 24.4 Å². The van der Waals surface area contributed by atoms with Crippen LogP contribution < -0.4 is 4.74 Å². The summed E-state index contributed by atoms with van der Waals surface area (Å²) in [5, 5.41) is 18.1. The Labute approximate surface area is 183 Å². The molecule has 1 amide bonds. The molecule has 1 aromatic rings. The lowest BCUT2D eigenvalue weighted by molar-refractivity contribution is -0.308. The fraction of sp³-hybridized carbons (Fsp3) is 0.526. The lowest BCUT2D eigenvalue weighted by Gasteiger charge is -2.35. The highest BCUT2D eigenvalue weighted by Gasteiger charge is 2.60. The highest BCUT2D eigenvalue weighted by Crippen LogP contribution is 2.36. The molecule has 0 unspecified atom stereocenters. The van der Waals surface area contributed by atoms with E-state index in [9.17, 15) is 35.9 Å². The third kappa shape index (κ3) is 7.14. The first kappa shape index (κ1) is 26.0. The summed E-state index contributed by atoms with van der Waals surface area (Å²) in [7, 11) is 0. The second-order valence-electron chi connectivity index (χ2n) is 7.14. The molecule has 0 spiro atoms. The zero-order valence-electron chi connectivity index (χ0n) is 17.1. The Morgan fingerprint density at radius 3 is 2.18 bits per heavy atom. The molecule has 1 aliphatic heterocycles. The number of nitriles is 1. The summed E-state index contributed by atoms with van der Waals surface area (Å²) in [5.41, 5.74) is 0.732. The zero-order chi connectivity index (χ0) is 25.0. The molecule has 0 bridgehead atoms. The normalized spacial score (nSPS) is 16.3. The SMILES string of the molecule is C[C@H](Oc1cc(C#N)ccc1CN1CCN(C(=O)OC(C(F)(F)F)C(F)(F)F)CC1)C(=O)O. The van der Waals surface area contributed by atoms with E-state index >= 15 is 0 Å². The van der Waals surface area contributed by atoms with Crippen LogP contribution in [0.4, 0.5) is 31.1 Å². The van der Waals surface area contributed by atoms with Gasteiger partial charge in [-0.2, -0.15) is 31.6 Å². The number of hydrogen-bond acceptors (Lipinski definition) is 6. The number of nitrogens with zero attached hydrogens (tertiary/aromatic N) is 3. The molecule has 1 saturated heterocycles. The Bertz CT molecular complexity index is 893. The van der Waals surface area contributed by atoms with Crippen molar-refractivity contribution in [2.75, 3.05) is 26.2 Å². The summed E-state index contributed by atoms with van der Waals surface area (Å²) < 4.78 is 84.6. The smallest absolute Gasteiger partial charge is 0.434 e. The third-order valence-electron chi connectivity index (χ3n) is 4.69. The Morgan fingerprint density at radius 2 is 1.70 bits per heavy atom. The van der Waals surface area contributed by atoms with Crippen molar-refractivity contribution >= 4 is 12.1 Å². The van der Waals surface area contributed by atoms with Gasteiger partial charge in [0.2, 0.25) is 0 Å². The van der Waals surface area contributed by atoms with Crippen LogP contribution in [0.3, 0.4) is 0 Å². The van der Waals surface area contributed by atoms with Crippen LogP contribution in [0.5, 0.6) is 5.75 Å². The minimum absolute atomic E-state index is 0.0890. The Morgan fingerprint density at radius 1 is 1.12 bits per heavy atom. The molecular weight excluding hydrogens is 464 g/mol. The second-order valence-corrected chi connectivity index (χ2v) is 7.14. The standard InChI is InChI=1S/C19H19F6N3O5/c1-11(15(29)30)32-14-8-12(9-26)2-3-13(14)10-27-4-6-28(7-5-27)17(31)33-16(18(20,21)22)19(23,24)25/h2-3,8,11,16H,4-7,10H2,1H3,(H,29,30)/t11-/m0/s1. The maximum atomic E-state index is 12.6. The number of ether oxygens (including phenoxy) is 2. The number of aliphatic carboxylic acids is 1. The molecule has 8 nitrogen and oxygen atoms in total.